The number of ether oxygens (including phenoxy) is 2. The lowest BCUT2D eigenvalue weighted by atomic mass is 9.77. The third-order valence-corrected chi connectivity index (χ3v) is 7.83. The van der Waals surface area contributed by atoms with Crippen LogP contribution < -0.4 is 9.47 Å². The van der Waals surface area contributed by atoms with Crippen LogP contribution in [-0.4, -0.2) is 12.6 Å². The molecule has 36 heavy (non-hydrogen) atoms. The Hall–Kier alpha value is -2.55. The summed E-state index contributed by atoms with van der Waals surface area (Å²) >= 11 is 0. The van der Waals surface area contributed by atoms with E-state index in [2.05, 4.69) is 32.6 Å². The summed E-state index contributed by atoms with van der Waals surface area (Å²) in [5, 5.41) is 0. The molecule has 0 aliphatic heterocycles. The van der Waals surface area contributed by atoms with Crippen LogP contribution in [0, 0.1) is 11.8 Å². The van der Waals surface area contributed by atoms with Crippen LogP contribution in [0.25, 0.3) is 0 Å². The van der Waals surface area contributed by atoms with Crippen molar-refractivity contribution in [2.24, 2.45) is 11.8 Å². The summed E-state index contributed by atoms with van der Waals surface area (Å²) in [5.74, 6) is 3.38. The van der Waals surface area contributed by atoms with Gasteiger partial charge in [0.05, 0.1) is 12.2 Å². The van der Waals surface area contributed by atoms with Crippen molar-refractivity contribution in [2.75, 3.05) is 6.61 Å². The summed E-state index contributed by atoms with van der Waals surface area (Å²) in [5.41, 5.74) is 1.90. The molecule has 0 aromatic heterocycles. The van der Waals surface area contributed by atoms with Crippen molar-refractivity contribution in [1.29, 1.82) is 0 Å². The molecule has 196 valence electrons. The molecule has 1 saturated carbocycles. The molecule has 3 heteroatoms. The van der Waals surface area contributed by atoms with Gasteiger partial charge in [0, 0.05) is 0 Å². The molecule has 1 unspecified atom stereocenters. The first-order chi connectivity index (χ1) is 17.6. The Balaban J connectivity index is 1.38. The van der Waals surface area contributed by atoms with Crippen molar-refractivity contribution in [3.05, 3.63) is 72.3 Å². The summed E-state index contributed by atoms with van der Waals surface area (Å²) < 4.78 is 11.5. The third kappa shape index (κ3) is 9.48. The summed E-state index contributed by atoms with van der Waals surface area (Å²) in [6, 6.07) is 15.4. The fourth-order valence-electron chi connectivity index (χ4n) is 5.16. The van der Waals surface area contributed by atoms with Gasteiger partial charge in [-0.25, -0.2) is 4.79 Å². The van der Waals surface area contributed by atoms with Crippen LogP contribution >= 0.6 is 0 Å². The lowest BCUT2D eigenvalue weighted by Crippen LogP contribution is -2.13. The van der Waals surface area contributed by atoms with E-state index in [4.69, 9.17) is 9.47 Å². The molecule has 0 saturated heterocycles. The van der Waals surface area contributed by atoms with Gasteiger partial charge in [0.25, 0.3) is 0 Å². The fraction of sp³-hybridized carbons (Fsp3) is 0.545. The Morgan fingerprint density at radius 3 is 2.31 bits per heavy atom. The molecule has 3 nitrogen and oxygen atoms in total. The summed E-state index contributed by atoms with van der Waals surface area (Å²) in [6.07, 6.45) is 17.0. The number of hydrogen-bond acceptors (Lipinski definition) is 3. The molecule has 3 rings (SSSR count). The molecule has 1 fully saturated rings. The highest BCUT2D eigenvalue weighted by Crippen LogP contribution is 2.38. The first-order valence-electron chi connectivity index (χ1n) is 14.2. The molecule has 0 N–H and O–H groups in total. The number of unbranched alkanes of at least 4 members (excludes halogenated alkanes) is 3. The number of rotatable bonds is 15. The van der Waals surface area contributed by atoms with Crippen molar-refractivity contribution < 1.29 is 14.3 Å². The molecule has 1 aliphatic rings. The molecule has 1 atom stereocenters. The van der Waals surface area contributed by atoms with E-state index in [1.807, 2.05) is 30.3 Å². The van der Waals surface area contributed by atoms with Crippen LogP contribution in [-0.2, 0) is 0 Å². The minimum absolute atomic E-state index is 0.334. The zero-order valence-corrected chi connectivity index (χ0v) is 22.6. The van der Waals surface area contributed by atoms with Gasteiger partial charge in [0.2, 0.25) is 0 Å². The van der Waals surface area contributed by atoms with Crippen LogP contribution in [0.1, 0.15) is 113 Å². The molecular formula is C33H46O3. The van der Waals surface area contributed by atoms with Gasteiger partial charge >= 0.3 is 5.97 Å². The highest BCUT2D eigenvalue weighted by Gasteiger charge is 2.22. The average molecular weight is 491 g/mol. The number of esters is 1. The minimum Gasteiger partial charge on any atom is -0.494 e. The number of carbonyl (C=O) groups excluding carboxylic acids is 1. The highest BCUT2D eigenvalue weighted by molar-refractivity contribution is 5.91. The van der Waals surface area contributed by atoms with Crippen LogP contribution in [0.5, 0.6) is 11.5 Å². The Labute approximate surface area is 219 Å². The largest absolute Gasteiger partial charge is 0.494 e. The quantitative estimate of drug-likeness (QED) is 0.108. The predicted octanol–water partition coefficient (Wildman–Crippen LogP) is 9.52. The summed E-state index contributed by atoms with van der Waals surface area (Å²) in [7, 11) is 0. The first-order valence-corrected chi connectivity index (χ1v) is 14.2. The minimum atomic E-state index is -0.334. The van der Waals surface area contributed by atoms with Crippen molar-refractivity contribution in [3.8, 4) is 11.5 Å². The lowest BCUT2D eigenvalue weighted by Gasteiger charge is -2.28. The van der Waals surface area contributed by atoms with Gasteiger partial charge in [0.15, 0.2) is 0 Å². The molecule has 0 amide bonds. The van der Waals surface area contributed by atoms with E-state index in [1.165, 1.54) is 69.8 Å². The van der Waals surface area contributed by atoms with Gasteiger partial charge in [0.1, 0.15) is 11.5 Å². The number of carbonyl (C=O) groups is 1. The summed E-state index contributed by atoms with van der Waals surface area (Å²) in [4.78, 5) is 12.6. The van der Waals surface area contributed by atoms with E-state index in [0.717, 1.165) is 30.4 Å². The lowest BCUT2D eigenvalue weighted by molar-refractivity contribution is 0.0734. The predicted molar refractivity (Wildman–Crippen MR) is 150 cm³/mol. The topological polar surface area (TPSA) is 35.5 Å². The van der Waals surface area contributed by atoms with Gasteiger partial charge < -0.3 is 9.47 Å². The SMILES string of the molecule is C=CCCCC1CCC(c2ccc(OC(=O)c3ccc(OCCCCCC(C)CC)cc3)cc2)CC1. The van der Waals surface area contributed by atoms with E-state index in [0.29, 0.717) is 23.8 Å². The zero-order chi connectivity index (χ0) is 25.6. The molecule has 2 aromatic rings. The smallest absolute Gasteiger partial charge is 0.343 e. The van der Waals surface area contributed by atoms with Gasteiger partial charge in [-0.15, -0.1) is 6.58 Å². The normalized spacial score (nSPS) is 18.4. The van der Waals surface area contributed by atoms with E-state index in [1.54, 1.807) is 12.1 Å². The Kier molecular flexibility index (Phi) is 12.1. The molecule has 2 aromatic carbocycles. The monoisotopic (exact) mass is 490 g/mol. The molecule has 0 bridgehead atoms. The van der Waals surface area contributed by atoms with E-state index in [9.17, 15) is 4.79 Å². The second-order valence-corrected chi connectivity index (χ2v) is 10.6. The first kappa shape index (κ1) is 28.0. The number of allylic oxidation sites excluding steroid dienone is 1. The van der Waals surface area contributed by atoms with Gasteiger partial charge in [-0.05, 0) is 105 Å². The van der Waals surface area contributed by atoms with Crippen molar-refractivity contribution in [2.45, 2.75) is 96.8 Å². The second-order valence-electron chi connectivity index (χ2n) is 10.6. The van der Waals surface area contributed by atoms with E-state index >= 15 is 0 Å². The maximum Gasteiger partial charge on any atom is 0.343 e. The Morgan fingerprint density at radius 1 is 0.944 bits per heavy atom. The van der Waals surface area contributed by atoms with Gasteiger partial charge in [-0.1, -0.05) is 64.2 Å². The number of hydrogen-bond donors (Lipinski definition) is 0. The van der Waals surface area contributed by atoms with Crippen molar-refractivity contribution in [3.63, 3.8) is 0 Å². The maximum absolute atomic E-state index is 12.6. The second kappa shape index (κ2) is 15.5. The van der Waals surface area contributed by atoms with E-state index in [-0.39, 0.29) is 5.97 Å². The van der Waals surface area contributed by atoms with Crippen LogP contribution in [0.3, 0.4) is 0 Å². The molecule has 0 heterocycles. The third-order valence-electron chi connectivity index (χ3n) is 7.83. The van der Waals surface area contributed by atoms with Crippen LogP contribution in [0.15, 0.2) is 61.2 Å². The standard InChI is InChI=1S/C33H46O3/c1-4-6-8-12-27-13-15-28(16-14-27)29-17-23-32(24-18-29)36-33(34)30-19-21-31(22-20-30)35-25-10-7-9-11-26(3)5-2/h4,17-24,26-28H,1,5-16,25H2,2-3H3. The molecular weight excluding hydrogens is 444 g/mol. The molecule has 1 aliphatic carbocycles. The Morgan fingerprint density at radius 2 is 1.64 bits per heavy atom. The van der Waals surface area contributed by atoms with E-state index < -0.39 is 0 Å². The number of benzene rings is 2. The van der Waals surface area contributed by atoms with Crippen molar-refractivity contribution in [1.82, 2.24) is 0 Å². The summed E-state index contributed by atoms with van der Waals surface area (Å²) in [6.45, 7) is 9.11. The van der Waals surface area contributed by atoms with Crippen LogP contribution in [0.4, 0.5) is 0 Å². The maximum atomic E-state index is 12.6. The average Bonchev–Trinajstić information content (AvgIpc) is 2.92. The highest BCUT2D eigenvalue weighted by atomic mass is 16.5. The van der Waals surface area contributed by atoms with Gasteiger partial charge in [-0.3, -0.25) is 0 Å². The molecule has 0 radical (unpaired) electrons. The van der Waals surface area contributed by atoms with Crippen LogP contribution in [0.2, 0.25) is 0 Å². The van der Waals surface area contributed by atoms with Crippen molar-refractivity contribution >= 4 is 5.97 Å². The fourth-order valence-corrected chi connectivity index (χ4v) is 5.16. The zero-order valence-electron chi connectivity index (χ0n) is 22.6. The molecule has 0 spiro atoms. The van der Waals surface area contributed by atoms with Gasteiger partial charge in [-0.2, -0.15) is 0 Å². The Bertz CT molecular complexity index is 892.